The van der Waals surface area contributed by atoms with Gasteiger partial charge >= 0.3 is 0 Å². The van der Waals surface area contributed by atoms with Crippen molar-refractivity contribution < 1.29 is 4.74 Å². The Morgan fingerprint density at radius 1 is 1.43 bits per heavy atom. The highest BCUT2D eigenvalue weighted by Gasteiger charge is 2.18. The minimum Gasteiger partial charge on any atom is -0.488 e. The van der Waals surface area contributed by atoms with Gasteiger partial charge in [0.1, 0.15) is 12.4 Å². The molecule has 3 rings (SSSR count). The van der Waals surface area contributed by atoms with Crippen LogP contribution in [0.15, 0.2) is 28.9 Å². The van der Waals surface area contributed by atoms with Crippen molar-refractivity contribution in [1.29, 1.82) is 0 Å². The summed E-state index contributed by atoms with van der Waals surface area (Å²) in [6, 6.07) is 5.97. The molecule has 2 aromatic rings. The Balaban J connectivity index is 2.28. The summed E-state index contributed by atoms with van der Waals surface area (Å²) in [6.07, 6.45) is 1.80. The minimum atomic E-state index is 0.598. The van der Waals surface area contributed by atoms with Crippen molar-refractivity contribution in [2.75, 3.05) is 0 Å². The average molecular weight is 251 g/mol. The first-order chi connectivity index (χ1) is 6.84. The second-order valence-corrected chi connectivity index (χ2v) is 4.12. The third-order valence-electron chi connectivity index (χ3n) is 2.31. The van der Waals surface area contributed by atoms with E-state index in [1.165, 1.54) is 0 Å². The number of fused-ring (bicyclic) bond motifs is 3. The van der Waals surface area contributed by atoms with Crippen molar-refractivity contribution >= 4 is 15.9 Å². The predicted octanol–water partition coefficient (Wildman–Crippen LogP) is 2.73. The van der Waals surface area contributed by atoms with E-state index in [1.807, 2.05) is 18.2 Å². The van der Waals surface area contributed by atoms with Crippen molar-refractivity contribution in [1.82, 2.24) is 10.2 Å². The van der Waals surface area contributed by atoms with E-state index in [0.29, 0.717) is 6.61 Å². The molecule has 0 unspecified atom stereocenters. The van der Waals surface area contributed by atoms with E-state index in [-0.39, 0.29) is 0 Å². The van der Waals surface area contributed by atoms with Gasteiger partial charge in [-0.2, -0.15) is 5.10 Å². The fourth-order valence-electron chi connectivity index (χ4n) is 1.63. The molecule has 0 aliphatic carbocycles. The predicted molar refractivity (Wildman–Crippen MR) is 56.1 cm³/mol. The number of nitrogens with zero attached hydrogens (tertiary/aromatic N) is 1. The first kappa shape index (κ1) is 8.05. The minimum absolute atomic E-state index is 0.598. The van der Waals surface area contributed by atoms with E-state index in [1.54, 1.807) is 6.20 Å². The van der Waals surface area contributed by atoms with E-state index in [9.17, 15) is 0 Å². The van der Waals surface area contributed by atoms with Crippen LogP contribution in [0.25, 0.3) is 11.3 Å². The van der Waals surface area contributed by atoms with Crippen LogP contribution in [0.1, 0.15) is 5.56 Å². The van der Waals surface area contributed by atoms with Gasteiger partial charge in [0.15, 0.2) is 0 Å². The van der Waals surface area contributed by atoms with Crippen molar-refractivity contribution in [2.45, 2.75) is 6.61 Å². The van der Waals surface area contributed by atoms with Gasteiger partial charge in [0, 0.05) is 15.6 Å². The Labute approximate surface area is 89.2 Å². The van der Waals surface area contributed by atoms with Crippen LogP contribution in [-0.2, 0) is 6.61 Å². The summed E-state index contributed by atoms with van der Waals surface area (Å²) in [4.78, 5) is 0. The molecule has 1 aromatic heterocycles. The zero-order valence-corrected chi connectivity index (χ0v) is 8.84. The van der Waals surface area contributed by atoms with Gasteiger partial charge in [-0.15, -0.1) is 0 Å². The van der Waals surface area contributed by atoms with Gasteiger partial charge in [0.25, 0.3) is 0 Å². The molecule has 0 fully saturated rings. The molecular formula is C10H7BrN2O. The number of aromatic amines is 1. The summed E-state index contributed by atoms with van der Waals surface area (Å²) in [5.41, 5.74) is 3.24. The van der Waals surface area contributed by atoms with Crippen LogP contribution in [0.3, 0.4) is 0 Å². The van der Waals surface area contributed by atoms with Crippen molar-refractivity contribution in [3.8, 4) is 17.0 Å². The highest BCUT2D eigenvalue weighted by atomic mass is 79.9. The monoisotopic (exact) mass is 250 g/mol. The second-order valence-electron chi connectivity index (χ2n) is 3.20. The van der Waals surface area contributed by atoms with Gasteiger partial charge in [-0.1, -0.05) is 15.9 Å². The number of rotatable bonds is 0. The maximum Gasteiger partial charge on any atom is 0.129 e. The molecule has 1 aliphatic heterocycles. The third kappa shape index (κ3) is 1.07. The number of nitrogens with one attached hydrogen (secondary N) is 1. The summed E-state index contributed by atoms with van der Waals surface area (Å²) in [5.74, 6) is 0.907. The zero-order chi connectivity index (χ0) is 9.54. The molecule has 3 nitrogen and oxygen atoms in total. The number of hydrogen-bond donors (Lipinski definition) is 1. The van der Waals surface area contributed by atoms with Gasteiger partial charge in [-0.3, -0.25) is 5.10 Å². The second kappa shape index (κ2) is 2.85. The maximum absolute atomic E-state index is 5.58. The molecule has 0 amide bonds. The molecule has 1 aliphatic rings. The molecule has 0 radical (unpaired) electrons. The topological polar surface area (TPSA) is 37.9 Å². The fourth-order valence-corrected chi connectivity index (χ4v) is 1.99. The van der Waals surface area contributed by atoms with Crippen LogP contribution in [0.2, 0.25) is 0 Å². The Hall–Kier alpha value is -1.29. The Morgan fingerprint density at radius 3 is 3.29 bits per heavy atom. The van der Waals surface area contributed by atoms with Gasteiger partial charge < -0.3 is 4.74 Å². The Morgan fingerprint density at radius 2 is 2.36 bits per heavy atom. The molecular weight excluding hydrogens is 244 g/mol. The quantitative estimate of drug-likeness (QED) is 0.781. The summed E-state index contributed by atoms with van der Waals surface area (Å²) >= 11 is 3.44. The molecule has 1 aromatic carbocycles. The largest absolute Gasteiger partial charge is 0.488 e. The number of H-pyrrole nitrogens is 1. The van der Waals surface area contributed by atoms with Gasteiger partial charge in [-0.25, -0.2) is 0 Å². The third-order valence-corrected chi connectivity index (χ3v) is 2.81. The van der Waals surface area contributed by atoms with Gasteiger partial charge in [0.05, 0.1) is 11.9 Å². The Kier molecular flexibility index (Phi) is 1.64. The number of hydrogen-bond acceptors (Lipinski definition) is 2. The average Bonchev–Trinajstić information content (AvgIpc) is 2.65. The van der Waals surface area contributed by atoms with Crippen LogP contribution >= 0.6 is 15.9 Å². The summed E-state index contributed by atoms with van der Waals surface area (Å²) in [6.45, 7) is 0.598. The number of aromatic nitrogens is 2. The molecule has 4 heteroatoms. The van der Waals surface area contributed by atoms with Gasteiger partial charge in [0.2, 0.25) is 0 Å². The van der Waals surface area contributed by atoms with E-state index in [2.05, 4.69) is 26.1 Å². The molecule has 1 N–H and O–H groups in total. The number of benzene rings is 1. The lowest BCUT2D eigenvalue weighted by atomic mass is 10.1. The van der Waals surface area contributed by atoms with Crippen molar-refractivity contribution in [2.24, 2.45) is 0 Å². The molecule has 0 saturated carbocycles. The number of ether oxygens (including phenoxy) is 1. The lowest BCUT2D eigenvalue weighted by molar-refractivity contribution is 0.302. The van der Waals surface area contributed by atoms with Crippen LogP contribution in [0.4, 0.5) is 0 Å². The lowest BCUT2D eigenvalue weighted by Gasteiger charge is -2.16. The maximum atomic E-state index is 5.58. The molecule has 2 heterocycles. The summed E-state index contributed by atoms with van der Waals surface area (Å²) < 4.78 is 6.63. The highest BCUT2D eigenvalue weighted by Crippen LogP contribution is 2.37. The fraction of sp³-hybridized carbons (Fsp3) is 0.100. The Bertz CT molecular complexity index is 493. The normalized spacial score (nSPS) is 12.9. The van der Waals surface area contributed by atoms with Crippen LogP contribution < -0.4 is 4.74 Å². The van der Waals surface area contributed by atoms with E-state index >= 15 is 0 Å². The smallest absolute Gasteiger partial charge is 0.129 e. The number of halogens is 1. The molecule has 70 valence electrons. The van der Waals surface area contributed by atoms with E-state index in [4.69, 9.17) is 4.74 Å². The molecule has 14 heavy (non-hydrogen) atoms. The van der Waals surface area contributed by atoms with E-state index < -0.39 is 0 Å². The van der Waals surface area contributed by atoms with Crippen molar-refractivity contribution in [3.05, 3.63) is 34.4 Å². The van der Waals surface area contributed by atoms with Crippen LogP contribution in [0, 0.1) is 0 Å². The summed E-state index contributed by atoms with van der Waals surface area (Å²) in [7, 11) is 0. The highest BCUT2D eigenvalue weighted by molar-refractivity contribution is 9.10. The molecule has 0 spiro atoms. The molecule has 0 bridgehead atoms. The summed E-state index contributed by atoms with van der Waals surface area (Å²) in [5, 5.41) is 7.00. The van der Waals surface area contributed by atoms with Crippen LogP contribution in [-0.4, -0.2) is 10.2 Å². The first-order valence-corrected chi connectivity index (χ1v) is 5.09. The SMILES string of the molecule is Brc1ccc2c(c1)-c1[nH]ncc1CO2. The van der Waals surface area contributed by atoms with E-state index in [0.717, 1.165) is 27.0 Å². The zero-order valence-electron chi connectivity index (χ0n) is 7.25. The van der Waals surface area contributed by atoms with Crippen LogP contribution in [0.5, 0.6) is 5.75 Å². The molecule has 0 atom stereocenters. The van der Waals surface area contributed by atoms with Crippen molar-refractivity contribution in [3.63, 3.8) is 0 Å². The first-order valence-electron chi connectivity index (χ1n) is 4.29. The standard InChI is InChI=1S/C10H7BrN2O/c11-7-1-2-9-8(3-7)10-6(5-14-9)4-12-13-10/h1-4H,5H2,(H,12,13). The molecule has 0 saturated heterocycles. The van der Waals surface area contributed by atoms with Gasteiger partial charge in [-0.05, 0) is 18.2 Å². The lowest BCUT2D eigenvalue weighted by Crippen LogP contribution is -2.03.